The van der Waals surface area contributed by atoms with Gasteiger partial charge in [0.2, 0.25) is 0 Å². The first-order valence-corrected chi connectivity index (χ1v) is 38.4. The van der Waals surface area contributed by atoms with Crippen molar-refractivity contribution < 1.29 is 0 Å². The molecule has 2 atom stereocenters. The molecular formula is C21H45NSi7. The second-order valence-corrected chi connectivity index (χ2v) is 96.4. The first kappa shape index (κ1) is 24.1. The van der Waals surface area contributed by atoms with Crippen molar-refractivity contribution in [3.8, 4) is 0 Å². The highest BCUT2D eigenvalue weighted by molar-refractivity contribution is 8.68. The molecular weight excluding hydrogens is 463 g/mol. The Balaban J connectivity index is 2.42. The summed E-state index contributed by atoms with van der Waals surface area (Å²) in [5.74, 6) is 0. The van der Waals surface area contributed by atoms with Crippen molar-refractivity contribution in [1.82, 2.24) is 0 Å². The Morgan fingerprint density at radius 2 is 0.931 bits per heavy atom. The van der Waals surface area contributed by atoms with Gasteiger partial charge in [-0.3, -0.25) is 4.99 Å². The Labute approximate surface area is 186 Å². The molecule has 3 rings (SSSR count). The number of para-hydroxylation sites is 1. The van der Waals surface area contributed by atoms with Gasteiger partial charge in [0.25, 0.3) is 0 Å². The molecule has 2 aliphatic rings. The van der Waals surface area contributed by atoms with E-state index in [0.29, 0.717) is 0 Å². The van der Waals surface area contributed by atoms with Crippen molar-refractivity contribution in [3.05, 3.63) is 29.3 Å². The fraction of sp³-hybridized carbons (Fsp3) is 0.667. The van der Waals surface area contributed by atoms with Crippen molar-refractivity contribution in [2.45, 2.75) is 92.4 Å². The van der Waals surface area contributed by atoms with Crippen LogP contribution in [-0.4, -0.2) is 54.7 Å². The Kier molecular flexibility index (Phi) is 5.19. The number of rotatable bonds is 5. The van der Waals surface area contributed by atoms with Crippen molar-refractivity contribution in [2.24, 2.45) is 4.99 Å². The summed E-state index contributed by atoms with van der Waals surface area (Å²) < 4.78 is 0. The molecule has 0 radical (unpaired) electrons. The minimum atomic E-state index is -1.28. The number of aryl methyl sites for hydroxylation is 2. The van der Waals surface area contributed by atoms with Gasteiger partial charge in [-0.25, -0.2) is 0 Å². The Bertz CT molecular complexity index is 829. The van der Waals surface area contributed by atoms with E-state index in [1.165, 1.54) is 16.8 Å². The third-order valence-corrected chi connectivity index (χ3v) is 207. The van der Waals surface area contributed by atoms with E-state index in [1.54, 1.807) is 0 Å². The van der Waals surface area contributed by atoms with Crippen LogP contribution in [0.5, 0.6) is 0 Å². The highest BCUT2D eigenvalue weighted by atomic mass is 30.7. The number of benzene rings is 1. The minimum absolute atomic E-state index is 1.14. The van der Waals surface area contributed by atoms with Crippen LogP contribution in [-0.2, 0) is 0 Å². The quantitative estimate of drug-likeness (QED) is 0.392. The number of fused-ring (bicyclic) bond motifs is 1. The molecule has 0 spiro atoms. The van der Waals surface area contributed by atoms with Crippen LogP contribution in [0.1, 0.15) is 11.1 Å². The molecule has 2 heterocycles. The van der Waals surface area contributed by atoms with E-state index in [0.717, 1.165) is 0 Å². The third-order valence-electron chi connectivity index (χ3n) is 8.44. The van der Waals surface area contributed by atoms with Crippen LogP contribution in [0.4, 0.5) is 5.69 Å². The van der Waals surface area contributed by atoms with Crippen LogP contribution in [0.2, 0.25) is 78.6 Å². The van der Waals surface area contributed by atoms with E-state index < -0.39 is 49.8 Å². The number of hydrogen-bond donors (Lipinski definition) is 0. The average Bonchev–Trinajstić information content (AvgIpc) is 3.26. The third kappa shape index (κ3) is 2.48. The SMILES string of the molecule is Cc1cccc(C)c1N=C1[Si]2([Si](C)(C)C)[Si]1([Si](C)(C)C)[Si]2([Si](C)(C)C)[Si](C)(C)C. The molecule has 8 heteroatoms. The Hall–Kier alpha value is 0.408. The van der Waals surface area contributed by atoms with E-state index >= 15 is 0 Å². The van der Waals surface area contributed by atoms with Crippen molar-refractivity contribution in [1.29, 1.82) is 0 Å². The van der Waals surface area contributed by atoms with E-state index in [9.17, 15) is 0 Å². The summed E-state index contributed by atoms with van der Waals surface area (Å²) in [6.07, 6.45) is -1.14. The lowest BCUT2D eigenvalue weighted by Gasteiger charge is -2.51. The summed E-state index contributed by atoms with van der Waals surface area (Å²) in [4.78, 5) is 7.79. The zero-order valence-electron chi connectivity index (χ0n) is 21.7. The molecule has 2 saturated heterocycles. The molecule has 0 aliphatic carbocycles. The number of nitrogens with zero attached hydrogens (tertiary/aromatic N) is 1. The second-order valence-electron chi connectivity index (χ2n) is 14.0. The Morgan fingerprint density at radius 1 is 0.586 bits per heavy atom. The van der Waals surface area contributed by atoms with Gasteiger partial charge in [0.05, 0.1) is 18.9 Å². The summed E-state index contributed by atoms with van der Waals surface area (Å²) in [7, 11) is -4.77. The van der Waals surface area contributed by atoms with Crippen LogP contribution >= 0.6 is 0 Å². The Morgan fingerprint density at radius 3 is 1.21 bits per heavy atom. The molecule has 1 aromatic rings. The molecule has 2 fully saturated rings. The predicted molar refractivity (Wildman–Crippen MR) is 154 cm³/mol. The van der Waals surface area contributed by atoms with Gasteiger partial charge in [-0.05, 0) is 29.9 Å². The highest BCUT2D eigenvalue weighted by Crippen LogP contribution is 2.78. The van der Waals surface area contributed by atoms with E-state index in [4.69, 9.17) is 4.99 Å². The topological polar surface area (TPSA) is 12.4 Å². The molecule has 162 valence electrons. The molecule has 1 nitrogen and oxygen atoms in total. The lowest BCUT2D eigenvalue weighted by atomic mass is 10.1. The van der Waals surface area contributed by atoms with Gasteiger partial charge >= 0.3 is 0 Å². The summed E-state index contributed by atoms with van der Waals surface area (Å²) >= 11 is 0. The maximum absolute atomic E-state index is 5.79. The zero-order chi connectivity index (χ0) is 22.6. The fourth-order valence-corrected chi connectivity index (χ4v) is 476. The first-order valence-electron chi connectivity index (χ1n) is 11.4. The van der Waals surface area contributed by atoms with Gasteiger partial charge in [0, 0.05) is 36.5 Å². The standard InChI is InChI=1S/C21H45NSi7/c1-18-16-15-17-19(2)20(18)22-21-27(23(3,4)5)28(21,24(6,7)8)29(27,25(9,10)11)26(12,13)14/h15-17H,1-14H3. The van der Waals surface area contributed by atoms with Gasteiger partial charge in [-0.2, -0.15) is 0 Å². The molecule has 0 aromatic heterocycles. The summed E-state index contributed by atoms with van der Waals surface area (Å²) in [6.45, 7) is 35.7. The smallest absolute Gasteiger partial charge is 0.0748 e. The van der Waals surface area contributed by atoms with Crippen molar-refractivity contribution in [3.63, 3.8) is 0 Å². The largest absolute Gasteiger partial charge is 0.268 e. The highest BCUT2D eigenvalue weighted by Gasteiger charge is 3.14. The van der Waals surface area contributed by atoms with Crippen LogP contribution in [0.3, 0.4) is 0 Å². The fourth-order valence-electron chi connectivity index (χ4n) is 8.84. The molecule has 0 bridgehead atoms. The number of aliphatic imine (C=N–C) groups is 1. The van der Waals surface area contributed by atoms with E-state index in [-0.39, 0.29) is 0 Å². The second kappa shape index (κ2) is 6.26. The lowest BCUT2D eigenvalue weighted by molar-refractivity contribution is 1.33. The van der Waals surface area contributed by atoms with Crippen LogP contribution in [0.25, 0.3) is 0 Å². The van der Waals surface area contributed by atoms with Crippen LogP contribution in [0, 0.1) is 13.8 Å². The van der Waals surface area contributed by atoms with Crippen molar-refractivity contribution >= 4 is 60.4 Å². The monoisotopic (exact) mass is 507 g/mol. The van der Waals surface area contributed by atoms with Gasteiger partial charge in [0.15, 0.2) is 0 Å². The van der Waals surface area contributed by atoms with E-state index in [1.807, 2.05) is 4.96 Å². The normalized spacial score (nSPS) is 28.8. The average molecular weight is 508 g/mol. The number of hydrogen-bond acceptors (Lipinski definition) is 1. The van der Waals surface area contributed by atoms with Gasteiger partial charge in [-0.15, -0.1) is 0 Å². The summed E-state index contributed by atoms with van der Waals surface area (Å²) in [5.41, 5.74) is 4.16. The molecule has 0 amide bonds. The summed E-state index contributed by atoms with van der Waals surface area (Å²) in [6, 6.07) is 6.78. The maximum atomic E-state index is 5.79. The molecule has 1 aromatic carbocycles. The lowest BCUT2D eigenvalue weighted by Crippen LogP contribution is -2.82. The molecule has 2 aliphatic heterocycles. The molecule has 29 heavy (non-hydrogen) atoms. The van der Waals surface area contributed by atoms with Gasteiger partial charge in [0.1, 0.15) is 0 Å². The molecule has 2 unspecified atom stereocenters. The van der Waals surface area contributed by atoms with Crippen molar-refractivity contribution in [2.75, 3.05) is 0 Å². The predicted octanol–water partition coefficient (Wildman–Crippen LogP) is 6.73. The van der Waals surface area contributed by atoms with Gasteiger partial charge in [-0.1, -0.05) is 96.8 Å². The maximum Gasteiger partial charge on any atom is 0.0748 e. The molecule has 0 N–H and O–H groups in total. The van der Waals surface area contributed by atoms with Crippen LogP contribution < -0.4 is 0 Å². The molecule has 0 saturated carbocycles. The minimum Gasteiger partial charge on any atom is -0.268 e. The van der Waals surface area contributed by atoms with Gasteiger partial charge < -0.3 is 0 Å². The summed E-state index contributed by atoms with van der Waals surface area (Å²) in [5, 5.41) is 0. The van der Waals surface area contributed by atoms with Crippen LogP contribution in [0.15, 0.2) is 23.2 Å². The van der Waals surface area contributed by atoms with E-state index in [2.05, 4.69) is 111 Å². The first-order chi connectivity index (χ1) is 12.8. The zero-order valence-corrected chi connectivity index (χ0v) is 28.7.